The molecule has 2 aliphatic rings. The van der Waals surface area contributed by atoms with Crippen LogP contribution in [0.1, 0.15) is 25.3 Å². The second kappa shape index (κ2) is 11.4. The molecule has 0 spiro atoms. The van der Waals surface area contributed by atoms with Crippen molar-refractivity contribution in [1.29, 1.82) is 0 Å². The Hall–Kier alpha value is -2.92. The van der Waals surface area contributed by atoms with E-state index < -0.39 is 10.0 Å². The van der Waals surface area contributed by atoms with Gasteiger partial charge in [0.15, 0.2) is 5.82 Å². The lowest BCUT2D eigenvalue weighted by Gasteiger charge is -2.34. The molecule has 202 valence electrons. The summed E-state index contributed by atoms with van der Waals surface area (Å²) in [4.78, 5) is 13.8. The average molecular weight is 556 g/mol. The first kappa shape index (κ1) is 26.7. The number of hydrogen-bond donors (Lipinski definition) is 3. The summed E-state index contributed by atoms with van der Waals surface area (Å²) >= 11 is 6.41. The van der Waals surface area contributed by atoms with Crippen LogP contribution in [-0.4, -0.2) is 63.1 Å². The first-order valence-corrected chi connectivity index (χ1v) is 14.9. The summed E-state index contributed by atoms with van der Waals surface area (Å²) in [5, 5.41) is 6.72. The summed E-state index contributed by atoms with van der Waals surface area (Å²) in [6, 6.07) is 13.1. The quantitative estimate of drug-likeness (QED) is 0.333. The third kappa shape index (κ3) is 6.37. The van der Waals surface area contributed by atoms with Gasteiger partial charge in [0.1, 0.15) is 9.92 Å². The van der Waals surface area contributed by atoms with Gasteiger partial charge in [0, 0.05) is 44.1 Å². The van der Waals surface area contributed by atoms with E-state index in [1.165, 1.54) is 11.9 Å². The summed E-state index contributed by atoms with van der Waals surface area (Å²) < 4.78 is 28.6. The van der Waals surface area contributed by atoms with Crippen LogP contribution < -0.4 is 20.3 Å². The largest absolute Gasteiger partial charge is 0.369 e. The number of sulfonamides is 1. The van der Waals surface area contributed by atoms with E-state index in [1.54, 1.807) is 24.3 Å². The number of piperazine rings is 1. The number of nitrogens with one attached hydrogen (secondary N) is 3. The summed E-state index contributed by atoms with van der Waals surface area (Å²) in [6.07, 6.45) is 4.48. The molecule has 0 bridgehead atoms. The molecule has 1 aliphatic heterocycles. The molecule has 0 amide bonds. The molecular weight excluding hydrogens is 522 g/mol. The zero-order chi connectivity index (χ0) is 26.7. The van der Waals surface area contributed by atoms with E-state index in [-0.39, 0.29) is 9.92 Å². The third-order valence-electron chi connectivity index (χ3n) is 7.02. The minimum Gasteiger partial charge on any atom is -0.369 e. The van der Waals surface area contributed by atoms with E-state index in [9.17, 15) is 8.42 Å². The highest BCUT2D eigenvalue weighted by Gasteiger charge is 2.26. The zero-order valence-corrected chi connectivity index (χ0v) is 23.3. The molecule has 2 heterocycles. The van der Waals surface area contributed by atoms with E-state index in [1.807, 2.05) is 0 Å². The fourth-order valence-electron chi connectivity index (χ4n) is 4.45. The molecule has 5 rings (SSSR count). The second-order valence-corrected chi connectivity index (χ2v) is 12.1. The van der Waals surface area contributed by atoms with Crippen molar-refractivity contribution in [2.75, 3.05) is 55.3 Å². The number of halogens is 1. The standard InChI is InChI=1S/C27H34ClN7O2S/c1-3-20-16-21(35-14-12-34(2)13-15-35)10-11-23(20)32-27-29-18-22(28)26(33-27)31-24-6-4-5-7-25(24)38(36,37)30-17-19-8-9-19/h4-7,10-11,16,18-19,30H,3,8-9,12-15,17H2,1-2H3,(H2,29,31,32,33). The maximum Gasteiger partial charge on any atom is 0.242 e. The Kier molecular flexibility index (Phi) is 8.04. The van der Waals surface area contributed by atoms with Gasteiger partial charge < -0.3 is 20.4 Å². The van der Waals surface area contributed by atoms with Gasteiger partial charge in [0.05, 0.1) is 11.9 Å². The summed E-state index contributed by atoms with van der Waals surface area (Å²) in [6.45, 7) is 6.70. The number of aryl methyl sites for hydroxylation is 1. The van der Waals surface area contributed by atoms with Crippen molar-refractivity contribution in [1.82, 2.24) is 19.6 Å². The molecule has 0 unspecified atom stereocenters. The van der Waals surface area contributed by atoms with Crippen LogP contribution in [0.15, 0.2) is 53.6 Å². The number of aromatic nitrogens is 2. The molecular formula is C27H34ClN7O2S. The first-order valence-electron chi connectivity index (χ1n) is 13.0. The summed E-state index contributed by atoms with van der Waals surface area (Å²) in [5.74, 6) is 1.12. The van der Waals surface area contributed by atoms with Gasteiger partial charge in [-0.15, -0.1) is 0 Å². The Balaban J connectivity index is 1.35. The Morgan fingerprint density at radius 1 is 1.03 bits per heavy atom. The maximum absolute atomic E-state index is 13.0. The molecule has 0 radical (unpaired) electrons. The number of rotatable bonds is 10. The molecule has 1 aliphatic carbocycles. The molecule has 3 aromatic rings. The summed E-state index contributed by atoms with van der Waals surface area (Å²) in [5.41, 5.74) is 3.69. The Morgan fingerprint density at radius 3 is 2.53 bits per heavy atom. The SMILES string of the molecule is CCc1cc(N2CCN(C)CC2)ccc1Nc1ncc(Cl)c(Nc2ccccc2S(=O)(=O)NCC2CC2)n1. The number of para-hydroxylation sites is 1. The van der Waals surface area contributed by atoms with Crippen molar-refractivity contribution in [3.05, 3.63) is 59.2 Å². The average Bonchev–Trinajstić information content (AvgIpc) is 3.75. The lowest BCUT2D eigenvalue weighted by molar-refractivity contribution is 0.313. The van der Waals surface area contributed by atoms with Crippen LogP contribution >= 0.6 is 11.6 Å². The van der Waals surface area contributed by atoms with E-state index in [0.29, 0.717) is 29.9 Å². The molecule has 1 aromatic heterocycles. The molecule has 2 fully saturated rings. The molecule has 3 N–H and O–H groups in total. The van der Waals surface area contributed by atoms with Gasteiger partial charge in [0.2, 0.25) is 16.0 Å². The lowest BCUT2D eigenvalue weighted by atomic mass is 10.1. The number of hydrogen-bond acceptors (Lipinski definition) is 8. The number of anilines is 5. The third-order valence-corrected chi connectivity index (χ3v) is 8.78. The lowest BCUT2D eigenvalue weighted by Crippen LogP contribution is -2.44. The molecule has 0 atom stereocenters. The molecule has 11 heteroatoms. The maximum atomic E-state index is 13.0. The van der Waals surface area contributed by atoms with Crippen LogP contribution in [0, 0.1) is 5.92 Å². The molecule has 1 saturated carbocycles. The Labute approximate surface area is 229 Å². The highest BCUT2D eigenvalue weighted by Crippen LogP contribution is 2.32. The van der Waals surface area contributed by atoms with E-state index in [0.717, 1.165) is 56.7 Å². The van der Waals surface area contributed by atoms with Crippen LogP contribution in [0.4, 0.5) is 28.8 Å². The van der Waals surface area contributed by atoms with Crippen molar-refractivity contribution < 1.29 is 8.42 Å². The van der Waals surface area contributed by atoms with Crippen molar-refractivity contribution >= 4 is 50.5 Å². The summed E-state index contributed by atoms with van der Waals surface area (Å²) in [7, 11) is -1.53. The predicted molar refractivity (Wildman–Crippen MR) is 153 cm³/mol. The molecule has 1 saturated heterocycles. The number of likely N-dealkylation sites (N-methyl/N-ethyl adjacent to an activating group) is 1. The van der Waals surface area contributed by atoms with E-state index in [4.69, 9.17) is 11.6 Å². The first-order chi connectivity index (χ1) is 18.3. The fraction of sp³-hybridized carbons (Fsp3) is 0.407. The molecule has 9 nitrogen and oxygen atoms in total. The molecule has 38 heavy (non-hydrogen) atoms. The zero-order valence-electron chi connectivity index (χ0n) is 21.7. The van der Waals surface area contributed by atoms with Gasteiger partial charge in [0.25, 0.3) is 0 Å². The smallest absolute Gasteiger partial charge is 0.242 e. The minimum atomic E-state index is -3.68. The highest BCUT2D eigenvalue weighted by atomic mass is 35.5. The Bertz CT molecular complexity index is 1390. The van der Waals surface area contributed by atoms with E-state index >= 15 is 0 Å². The van der Waals surface area contributed by atoms with Crippen LogP contribution in [0.3, 0.4) is 0 Å². The monoisotopic (exact) mass is 555 g/mol. The van der Waals surface area contributed by atoms with Gasteiger partial charge in [-0.3, -0.25) is 0 Å². The van der Waals surface area contributed by atoms with Gasteiger partial charge in [-0.1, -0.05) is 30.7 Å². The molecule has 2 aromatic carbocycles. The van der Waals surface area contributed by atoms with Crippen LogP contribution in [0.25, 0.3) is 0 Å². The van der Waals surface area contributed by atoms with Gasteiger partial charge in [-0.05, 0) is 68.1 Å². The van der Waals surface area contributed by atoms with Crippen molar-refractivity contribution in [3.8, 4) is 0 Å². The van der Waals surface area contributed by atoms with Crippen LogP contribution in [-0.2, 0) is 16.4 Å². The highest BCUT2D eigenvalue weighted by molar-refractivity contribution is 7.89. The van der Waals surface area contributed by atoms with Crippen molar-refractivity contribution in [3.63, 3.8) is 0 Å². The van der Waals surface area contributed by atoms with Crippen LogP contribution in [0.5, 0.6) is 0 Å². The normalized spacial score (nSPS) is 16.4. The van der Waals surface area contributed by atoms with E-state index in [2.05, 4.69) is 67.3 Å². The van der Waals surface area contributed by atoms with Gasteiger partial charge in [-0.25, -0.2) is 18.1 Å². The minimum absolute atomic E-state index is 0.151. The number of benzene rings is 2. The fourth-order valence-corrected chi connectivity index (χ4v) is 5.87. The topological polar surface area (TPSA) is 102 Å². The van der Waals surface area contributed by atoms with Crippen LogP contribution in [0.2, 0.25) is 5.02 Å². The predicted octanol–water partition coefficient (Wildman–Crippen LogP) is 4.62. The number of nitrogens with zero attached hydrogens (tertiary/aromatic N) is 4. The van der Waals surface area contributed by atoms with Crippen molar-refractivity contribution in [2.45, 2.75) is 31.1 Å². The Morgan fingerprint density at radius 2 is 1.79 bits per heavy atom. The van der Waals surface area contributed by atoms with Crippen molar-refractivity contribution in [2.24, 2.45) is 5.92 Å². The van der Waals surface area contributed by atoms with Gasteiger partial charge >= 0.3 is 0 Å². The second-order valence-electron chi connectivity index (χ2n) is 9.92. The van der Waals surface area contributed by atoms with Gasteiger partial charge in [-0.2, -0.15) is 4.98 Å².